The van der Waals surface area contributed by atoms with E-state index in [9.17, 15) is 25.2 Å². The zero-order valence-electron chi connectivity index (χ0n) is 13.7. The summed E-state index contributed by atoms with van der Waals surface area (Å²) in [5.41, 5.74) is 2.43. The summed E-state index contributed by atoms with van der Waals surface area (Å²) in [6.45, 7) is 3.13. The molecule has 0 aromatic carbocycles. The second-order valence-corrected chi connectivity index (χ2v) is 6.29. The Morgan fingerprint density at radius 1 is 1.33 bits per heavy atom. The summed E-state index contributed by atoms with van der Waals surface area (Å²) < 4.78 is 0.428. The number of ketones is 1. The third-order valence-corrected chi connectivity index (χ3v) is 4.80. The number of pyridine rings is 1. The monoisotopic (exact) mass is 412 g/mol. The van der Waals surface area contributed by atoms with Crippen molar-refractivity contribution in [3.63, 3.8) is 0 Å². The molecule has 0 bridgehead atoms. The molecule has 1 aromatic heterocycles. The first-order chi connectivity index (χ1) is 12.6. The molecule has 12 heteroatoms. The molecule has 1 aromatic rings. The third-order valence-electron chi connectivity index (χ3n) is 3.90. The molecular weight excluding hydrogens is 403 g/mol. The number of amidine groups is 1. The molecule has 0 radical (unpaired) electrons. The highest BCUT2D eigenvalue weighted by atomic mass is 35.5. The first kappa shape index (κ1) is 18.7. The summed E-state index contributed by atoms with van der Waals surface area (Å²) >= 11 is 12.2. The maximum absolute atomic E-state index is 12.1. The van der Waals surface area contributed by atoms with Gasteiger partial charge in [-0.15, -0.1) is 0 Å². The highest BCUT2D eigenvalue weighted by Gasteiger charge is 2.33. The fraction of sp³-hybridized carbons (Fsp3) is 0.133. The average Bonchev–Trinajstić information content (AvgIpc) is 3.10. The van der Waals surface area contributed by atoms with Gasteiger partial charge in [-0.2, -0.15) is 9.72 Å². The number of carbonyl (C=O) groups excluding carboxylic acids is 1. The molecule has 2 heterocycles. The summed E-state index contributed by atoms with van der Waals surface area (Å²) in [4.78, 5) is 30.9. The van der Waals surface area contributed by atoms with E-state index >= 15 is 0 Å². The van der Waals surface area contributed by atoms with Crippen LogP contribution in [-0.4, -0.2) is 21.6 Å². The van der Waals surface area contributed by atoms with Gasteiger partial charge in [-0.05, 0) is 30.2 Å². The van der Waals surface area contributed by atoms with Crippen LogP contribution in [0.3, 0.4) is 0 Å². The van der Waals surface area contributed by atoms with Gasteiger partial charge in [0.25, 0.3) is 16.8 Å². The highest BCUT2D eigenvalue weighted by molar-refractivity contribution is 6.35. The number of aromatic nitrogens is 1. The van der Waals surface area contributed by atoms with E-state index < -0.39 is 22.2 Å². The van der Waals surface area contributed by atoms with Crippen LogP contribution in [0.25, 0.3) is 0 Å². The first-order valence-corrected chi connectivity index (χ1v) is 8.04. The van der Waals surface area contributed by atoms with Gasteiger partial charge in [0.05, 0.1) is 10.5 Å². The molecule has 27 heavy (non-hydrogen) atoms. The van der Waals surface area contributed by atoms with Crippen molar-refractivity contribution in [1.29, 1.82) is 0 Å². The number of rotatable bonds is 2. The Balaban J connectivity index is 2.15. The number of nitro groups is 1. The molecule has 0 amide bonds. The Kier molecular flexibility index (Phi) is 4.54. The standard InChI is InChI=1S/C15H10Cl2N4O6/c1-5-10(13(17)20(24)6(2)11(5)16)14-18-15(27-19-14)7-3-8(21(25)26)12(23)9(22)4-7/h3-4,22H,1-2H3,(H,18,19)/b15-7-. The normalized spacial score (nSPS) is 19.1. The van der Waals surface area contributed by atoms with E-state index in [2.05, 4.69) is 10.5 Å². The van der Waals surface area contributed by atoms with Crippen LogP contribution in [0.15, 0.2) is 40.1 Å². The zero-order valence-corrected chi connectivity index (χ0v) is 15.3. The van der Waals surface area contributed by atoms with Crippen LogP contribution in [0.2, 0.25) is 10.2 Å². The van der Waals surface area contributed by atoms with E-state index in [1.807, 2.05) is 0 Å². The summed E-state index contributed by atoms with van der Waals surface area (Å²) in [6.07, 6.45) is 1.89. The second-order valence-electron chi connectivity index (χ2n) is 5.55. The van der Waals surface area contributed by atoms with Crippen molar-refractivity contribution >= 4 is 34.8 Å². The van der Waals surface area contributed by atoms with Gasteiger partial charge in [-0.1, -0.05) is 11.6 Å². The van der Waals surface area contributed by atoms with Crippen molar-refractivity contribution < 1.29 is 24.4 Å². The lowest BCUT2D eigenvalue weighted by Crippen LogP contribution is -2.36. The molecule has 0 saturated carbocycles. The minimum atomic E-state index is -1.13. The van der Waals surface area contributed by atoms with Crippen molar-refractivity contribution in [3.05, 3.63) is 77.4 Å². The molecule has 0 unspecified atom stereocenters. The van der Waals surface area contributed by atoms with Crippen molar-refractivity contribution in [3.8, 4) is 0 Å². The molecule has 140 valence electrons. The van der Waals surface area contributed by atoms with Crippen molar-refractivity contribution in [2.24, 2.45) is 4.99 Å². The lowest BCUT2D eigenvalue weighted by molar-refractivity contribution is -0.610. The lowest BCUT2D eigenvalue weighted by Gasteiger charge is -2.12. The van der Waals surface area contributed by atoms with Crippen LogP contribution in [0.1, 0.15) is 16.8 Å². The van der Waals surface area contributed by atoms with E-state index in [0.717, 1.165) is 12.2 Å². The van der Waals surface area contributed by atoms with Crippen molar-refractivity contribution in [2.45, 2.75) is 13.8 Å². The Morgan fingerprint density at radius 3 is 2.63 bits per heavy atom. The molecule has 2 aliphatic rings. The maximum atomic E-state index is 12.1. The molecule has 0 saturated heterocycles. The van der Waals surface area contributed by atoms with Crippen LogP contribution >= 0.6 is 23.2 Å². The number of allylic oxidation sites excluding steroid dienone is 3. The number of aliphatic hydroxyl groups is 1. The second kappa shape index (κ2) is 6.56. The zero-order chi connectivity index (χ0) is 20.0. The van der Waals surface area contributed by atoms with Crippen LogP contribution in [0, 0.1) is 29.2 Å². The number of Topliss-reactive ketones (excluding diaryl/α,β-unsaturated/α-hetero) is 1. The van der Waals surface area contributed by atoms with Crippen LogP contribution in [0.5, 0.6) is 0 Å². The third kappa shape index (κ3) is 2.98. The van der Waals surface area contributed by atoms with Gasteiger partial charge < -0.3 is 15.2 Å². The number of aliphatic hydroxyl groups excluding tert-OH is 1. The van der Waals surface area contributed by atoms with Crippen LogP contribution in [-0.2, 0) is 9.63 Å². The quantitative estimate of drug-likeness (QED) is 0.248. The number of hydroxylamine groups is 1. The summed E-state index contributed by atoms with van der Waals surface area (Å²) in [7, 11) is 0. The molecule has 0 fully saturated rings. The molecule has 1 aliphatic carbocycles. The van der Waals surface area contributed by atoms with E-state index in [4.69, 9.17) is 28.0 Å². The van der Waals surface area contributed by atoms with Crippen molar-refractivity contribution in [2.75, 3.05) is 0 Å². The highest BCUT2D eigenvalue weighted by Crippen LogP contribution is 2.29. The van der Waals surface area contributed by atoms with E-state index in [0.29, 0.717) is 10.3 Å². The Morgan fingerprint density at radius 2 is 2.00 bits per heavy atom. The van der Waals surface area contributed by atoms with Gasteiger partial charge in [0.15, 0.2) is 11.6 Å². The molecular formula is C15H10Cl2N4O6. The number of hydrogen-bond acceptors (Lipinski definition) is 8. The fourth-order valence-electron chi connectivity index (χ4n) is 2.48. The minimum Gasteiger partial charge on any atom is -0.617 e. The van der Waals surface area contributed by atoms with Gasteiger partial charge in [-0.3, -0.25) is 14.9 Å². The van der Waals surface area contributed by atoms with Gasteiger partial charge in [0.2, 0.25) is 5.69 Å². The number of nitrogens with zero attached hydrogens (tertiary/aromatic N) is 3. The maximum Gasteiger partial charge on any atom is 0.321 e. The predicted molar refractivity (Wildman–Crippen MR) is 93.5 cm³/mol. The SMILES string of the molecule is Cc1c(Cl)c(C)[n+]([O-])c(Cl)c1C1=N/C(=C2/C=C(O)C(=O)C([N+](=O)[O-])=C2)ON1. The number of aliphatic imine (C=N–C) groups is 1. The largest absolute Gasteiger partial charge is 0.617 e. The molecule has 3 rings (SSSR count). The van der Waals surface area contributed by atoms with Gasteiger partial charge in [0, 0.05) is 13.0 Å². The molecule has 1 aliphatic heterocycles. The Hall–Kier alpha value is -3.11. The number of nitrogens with one attached hydrogen (secondary N) is 1. The van der Waals surface area contributed by atoms with Gasteiger partial charge >= 0.3 is 5.70 Å². The summed E-state index contributed by atoms with van der Waals surface area (Å²) in [6, 6.07) is 0. The average molecular weight is 413 g/mol. The van der Waals surface area contributed by atoms with E-state index in [1.54, 1.807) is 6.92 Å². The number of carbonyl (C=O) groups is 1. The fourth-order valence-corrected chi connectivity index (χ4v) is 3.01. The molecule has 0 spiro atoms. The Labute approximate surface area is 161 Å². The van der Waals surface area contributed by atoms with Gasteiger partial charge in [-0.25, -0.2) is 5.48 Å². The summed E-state index contributed by atoms with van der Waals surface area (Å²) in [5.74, 6) is -2.10. The van der Waals surface area contributed by atoms with E-state index in [1.165, 1.54) is 6.92 Å². The predicted octanol–water partition coefficient (Wildman–Crippen LogP) is 1.92. The van der Waals surface area contributed by atoms with Crippen LogP contribution < -0.4 is 10.2 Å². The number of hydrogen-bond donors (Lipinski definition) is 2. The Bertz CT molecular complexity index is 1010. The molecule has 10 nitrogen and oxygen atoms in total. The minimum absolute atomic E-state index is 0.0247. The smallest absolute Gasteiger partial charge is 0.321 e. The van der Waals surface area contributed by atoms with Gasteiger partial charge in [0.1, 0.15) is 10.6 Å². The lowest BCUT2D eigenvalue weighted by atomic mass is 10.0. The first-order valence-electron chi connectivity index (χ1n) is 7.28. The van der Waals surface area contributed by atoms with Crippen LogP contribution in [0.4, 0.5) is 0 Å². The molecule has 0 atom stereocenters. The topological polar surface area (TPSA) is 141 Å². The van der Waals surface area contributed by atoms with Crippen molar-refractivity contribution in [1.82, 2.24) is 5.48 Å². The molecule has 2 N–H and O–H groups in total. The summed E-state index contributed by atoms with van der Waals surface area (Å²) in [5, 5.41) is 32.7. The van der Waals surface area contributed by atoms with E-state index in [-0.39, 0.29) is 38.7 Å². The number of halogens is 2.